The fraction of sp³-hybridized carbons (Fsp3) is 0.923. The zero-order chi connectivity index (χ0) is 12.8. The van der Waals surface area contributed by atoms with Crippen molar-refractivity contribution in [1.29, 1.82) is 0 Å². The van der Waals surface area contributed by atoms with Crippen molar-refractivity contribution in [3.63, 3.8) is 0 Å². The molecular formula is C13H26N2OS. The number of rotatable bonds is 5. The Labute approximate surface area is 110 Å². The summed E-state index contributed by atoms with van der Waals surface area (Å²) < 4.78 is 0. The predicted molar refractivity (Wildman–Crippen MR) is 75.5 cm³/mol. The average molecular weight is 258 g/mol. The molecule has 0 unspecified atom stereocenters. The van der Waals surface area contributed by atoms with E-state index in [1.165, 1.54) is 0 Å². The van der Waals surface area contributed by atoms with Crippen LogP contribution < -0.4 is 0 Å². The molecule has 1 amide bonds. The maximum absolute atomic E-state index is 12.0. The zero-order valence-corrected chi connectivity index (χ0v) is 12.4. The van der Waals surface area contributed by atoms with E-state index in [2.05, 4.69) is 31.9 Å². The number of hydrogen-bond acceptors (Lipinski definition) is 3. The van der Waals surface area contributed by atoms with Crippen LogP contribution in [0.2, 0.25) is 0 Å². The highest BCUT2D eigenvalue weighted by Crippen LogP contribution is 2.12. The summed E-state index contributed by atoms with van der Waals surface area (Å²) in [7, 11) is 0. The van der Waals surface area contributed by atoms with Crippen molar-refractivity contribution in [2.45, 2.75) is 33.2 Å². The monoisotopic (exact) mass is 258 g/mol. The molecule has 100 valence electrons. The van der Waals surface area contributed by atoms with E-state index in [0.717, 1.165) is 31.9 Å². The van der Waals surface area contributed by atoms with Crippen LogP contribution in [0.15, 0.2) is 0 Å². The van der Waals surface area contributed by atoms with Crippen LogP contribution in [0, 0.1) is 5.92 Å². The summed E-state index contributed by atoms with van der Waals surface area (Å²) in [6.07, 6.45) is 2.83. The van der Waals surface area contributed by atoms with E-state index >= 15 is 0 Å². The first-order chi connectivity index (χ1) is 8.04. The Morgan fingerprint density at radius 1 is 1.24 bits per heavy atom. The van der Waals surface area contributed by atoms with Crippen molar-refractivity contribution in [3.8, 4) is 0 Å². The number of amides is 1. The largest absolute Gasteiger partial charge is 0.341 e. The van der Waals surface area contributed by atoms with E-state index in [-0.39, 0.29) is 0 Å². The zero-order valence-electron chi connectivity index (χ0n) is 11.6. The van der Waals surface area contributed by atoms with Gasteiger partial charge >= 0.3 is 0 Å². The van der Waals surface area contributed by atoms with Gasteiger partial charge in [0.1, 0.15) is 0 Å². The number of thioether (sulfide) groups is 1. The third-order valence-corrected chi connectivity index (χ3v) is 4.06. The minimum absolute atomic E-state index is 0.331. The Balaban J connectivity index is 2.50. The van der Waals surface area contributed by atoms with Gasteiger partial charge in [0.25, 0.3) is 0 Å². The second-order valence-electron chi connectivity index (χ2n) is 5.32. The van der Waals surface area contributed by atoms with Gasteiger partial charge in [-0.1, -0.05) is 13.8 Å². The molecule has 0 aromatic heterocycles. The first-order valence-electron chi connectivity index (χ1n) is 6.55. The maximum Gasteiger partial charge on any atom is 0.223 e. The van der Waals surface area contributed by atoms with E-state index in [4.69, 9.17) is 0 Å². The van der Waals surface area contributed by atoms with Gasteiger partial charge in [-0.05, 0) is 19.1 Å². The fourth-order valence-electron chi connectivity index (χ4n) is 2.30. The van der Waals surface area contributed by atoms with Crippen molar-refractivity contribution >= 4 is 17.7 Å². The third kappa shape index (κ3) is 4.88. The molecule has 1 fully saturated rings. The van der Waals surface area contributed by atoms with Crippen LogP contribution in [0.5, 0.6) is 0 Å². The number of carbonyl (C=O) groups is 1. The van der Waals surface area contributed by atoms with Gasteiger partial charge in [0.2, 0.25) is 5.91 Å². The van der Waals surface area contributed by atoms with Gasteiger partial charge < -0.3 is 4.90 Å². The fourth-order valence-corrected chi connectivity index (χ4v) is 3.00. The SMILES string of the molecule is CSC[C@H](C)N1CCC(=O)N(CC(C)C)CC1. The first kappa shape index (κ1) is 14.8. The summed E-state index contributed by atoms with van der Waals surface area (Å²) >= 11 is 1.88. The van der Waals surface area contributed by atoms with Crippen molar-refractivity contribution in [2.75, 3.05) is 38.2 Å². The van der Waals surface area contributed by atoms with E-state index < -0.39 is 0 Å². The molecule has 0 aromatic carbocycles. The molecule has 0 spiro atoms. The van der Waals surface area contributed by atoms with Crippen LogP contribution in [0.25, 0.3) is 0 Å². The molecule has 1 aliphatic rings. The Bertz CT molecular complexity index is 246. The van der Waals surface area contributed by atoms with Gasteiger partial charge in [0, 0.05) is 44.4 Å². The Morgan fingerprint density at radius 3 is 2.53 bits per heavy atom. The third-order valence-electron chi connectivity index (χ3n) is 3.24. The van der Waals surface area contributed by atoms with Gasteiger partial charge in [-0.2, -0.15) is 11.8 Å². The summed E-state index contributed by atoms with van der Waals surface area (Å²) in [5.74, 6) is 2.05. The molecular weight excluding hydrogens is 232 g/mol. The number of nitrogens with zero attached hydrogens (tertiary/aromatic N) is 2. The highest BCUT2D eigenvalue weighted by atomic mass is 32.2. The van der Waals surface area contributed by atoms with Gasteiger partial charge in [0.05, 0.1) is 0 Å². The standard InChI is InChI=1S/C13H26N2OS/c1-11(2)9-15-8-7-14(6-5-13(15)16)12(3)10-17-4/h11-12H,5-10H2,1-4H3/t12-/m0/s1. The second-order valence-corrected chi connectivity index (χ2v) is 6.23. The van der Waals surface area contributed by atoms with Crippen LogP contribution in [0.4, 0.5) is 0 Å². The molecule has 0 radical (unpaired) electrons. The van der Waals surface area contributed by atoms with Gasteiger partial charge in [-0.3, -0.25) is 9.69 Å². The van der Waals surface area contributed by atoms with Crippen LogP contribution in [-0.2, 0) is 4.79 Å². The van der Waals surface area contributed by atoms with Crippen LogP contribution >= 0.6 is 11.8 Å². The molecule has 0 saturated carbocycles. The highest BCUT2D eigenvalue weighted by Gasteiger charge is 2.23. The van der Waals surface area contributed by atoms with E-state index in [1.807, 2.05) is 16.7 Å². The van der Waals surface area contributed by atoms with Crippen molar-refractivity contribution in [3.05, 3.63) is 0 Å². The number of carbonyl (C=O) groups excluding carboxylic acids is 1. The summed E-state index contributed by atoms with van der Waals surface area (Å²) in [6, 6.07) is 0.580. The Morgan fingerprint density at radius 2 is 1.94 bits per heavy atom. The van der Waals surface area contributed by atoms with Crippen molar-refractivity contribution in [1.82, 2.24) is 9.80 Å². The van der Waals surface area contributed by atoms with Crippen molar-refractivity contribution < 1.29 is 4.79 Å². The highest BCUT2D eigenvalue weighted by molar-refractivity contribution is 7.98. The molecule has 1 aliphatic heterocycles. The number of hydrogen-bond donors (Lipinski definition) is 0. The Hall–Kier alpha value is -0.220. The lowest BCUT2D eigenvalue weighted by molar-refractivity contribution is -0.130. The Kier molecular flexibility index (Phi) is 6.34. The smallest absolute Gasteiger partial charge is 0.223 e. The summed E-state index contributed by atoms with van der Waals surface area (Å²) in [5.41, 5.74) is 0. The molecule has 3 nitrogen and oxygen atoms in total. The normalized spacial score (nSPS) is 20.8. The van der Waals surface area contributed by atoms with Crippen LogP contribution in [0.1, 0.15) is 27.2 Å². The van der Waals surface area contributed by atoms with Crippen molar-refractivity contribution in [2.24, 2.45) is 5.92 Å². The summed E-state index contributed by atoms with van der Waals surface area (Å²) in [5, 5.41) is 0. The average Bonchev–Trinajstić information content (AvgIpc) is 2.42. The minimum atomic E-state index is 0.331. The lowest BCUT2D eigenvalue weighted by Gasteiger charge is -2.27. The molecule has 1 saturated heterocycles. The molecule has 0 N–H and O–H groups in total. The molecule has 1 heterocycles. The summed E-state index contributed by atoms with van der Waals surface area (Å²) in [6.45, 7) is 10.4. The summed E-state index contributed by atoms with van der Waals surface area (Å²) in [4.78, 5) is 16.5. The molecule has 17 heavy (non-hydrogen) atoms. The van der Waals surface area contributed by atoms with Crippen LogP contribution in [-0.4, -0.2) is 59.9 Å². The second kappa shape index (κ2) is 7.27. The topological polar surface area (TPSA) is 23.6 Å². The van der Waals surface area contributed by atoms with Gasteiger partial charge in [0.15, 0.2) is 0 Å². The quantitative estimate of drug-likeness (QED) is 0.753. The first-order valence-corrected chi connectivity index (χ1v) is 7.94. The van der Waals surface area contributed by atoms with E-state index in [0.29, 0.717) is 24.3 Å². The van der Waals surface area contributed by atoms with Crippen LogP contribution in [0.3, 0.4) is 0 Å². The lowest BCUT2D eigenvalue weighted by Crippen LogP contribution is -2.39. The molecule has 4 heteroatoms. The molecule has 0 aromatic rings. The molecule has 1 atom stereocenters. The predicted octanol–water partition coefficient (Wildman–Crippen LogP) is 1.93. The van der Waals surface area contributed by atoms with E-state index in [9.17, 15) is 4.79 Å². The van der Waals surface area contributed by atoms with E-state index in [1.54, 1.807) is 0 Å². The van der Waals surface area contributed by atoms with Gasteiger partial charge in [-0.15, -0.1) is 0 Å². The molecule has 0 bridgehead atoms. The lowest BCUT2D eigenvalue weighted by atomic mass is 10.2. The molecule has 1 rings (SSSR count). The minimum Gasteiger partial charge on any atom is -0.341 e. The molecule has 0 aliphatic carbocycles. The maximum atomic E-state index is 12.0. The van der Waals surface area contributed by atoms with Gasteiger partial charge in [-0.25, -0.2) is 0 Å².